The minimum absolute atomic E-state index is 0.0344. The van der Waals surface area contributed by atoms with Gasteiger partial charge in [0.1, 0.15) is 17.1 Å². The van der Waals surface area contributed by atoms with Crippen molar-refractivity contribution in [3.8, 4) is 0 Å². The van der Waals surface area contributed by atoms with E-state index in [9.17, 15) is 19.8 Å². The molecule has 2 aliphatic heterocycles. The van der Waals surface area contributed by atoms with E-state index in [1.54, 1.807) is 0 Å². The van der Waals surface area contributed by atoms with Gasteiger partial charge < -0.3 is 15.5 Å². The van der Waals surface area contributed by atoms with Crippen molar-refractivity contribution in [1.29, 1.82) is 0 Å². The molecule has 0 radical (unpaired) electrons. The van der Waals surface area contributed by atoms with Gasteiger partial charge >= 0.3 is 5.97 Å². The first-order chi connectivity index (χ1) is 9.61. The van der Waals surface area contributed by atoms with Gasteiger partial charge in [0.25, 0.3) is 0 Å². The Bertz CT molecular complexity index is 438. The summed E-state index contributed by atoms with van der Waals surface area (Å²) in [5, 5.41) is 21.5. The SMILES string of the molecule is CCCCCN[C@@H]1C(=O)N2C(C(=O)O)=C(CO)CS[C@H]12. The smallest absolute Gasteiger partial charge is 0.352 e. The van der Waals surface area contributed by atoms with Gasteiger partial charge in [-0.25, -0.2) is 4.79 Å². The van der Waals surface area contributed by atoms with Gasteiger partial charge in [0.15, 0.2) is 0 Å². The molecule has 6 nitrogen and oxygen atoms in total. The number of β-lactam (4-membered cyclic amide) rings is 1. The van der Waals surface area contributed by atoms with E-state index in [2.05, 4.69) is 12.2 Å². The fourth-order valence-corrected chi connectivity index (χ4v) is 3.86. The highest BCUT2D eigenvalue weighted by Crippen LogP contribution is 2.40. The maximum atomic E-state index is 12.1. The van der Waals surface area contributed by atoms with Gasteiger partial charge in [-0.05, 0) is 18.5 Å². The van der Waals surface area contributed by atoms with Crippen LogP contribution in [0.15, 0.2) is 11.3 Å². The molecule has 0 aromatic heterocycles. The molecule has 1 fully saturated rings. The Labute approximate surface area is 122 Å². The van der Waals surface area contributed by atoms with Crippen molar-refractivity contribution in [2.75, 3.05) is 18.9 Å². The number of thioether (sulfide) groups is 1. The number of amides is 1. The van der Waals surface area contributed by atoms with Gasteiger partial charge in [-0.1, -0.05) is 19.8 Å². The van der Waals surface area contributed by atoms with Gasteiger partial charge in [0.05, 0.1) is 6.61 Å². The lowest BCUT2D eigenvalue weighted by Gasteiger charge is -2.49. The third-order valence-corrected chi connectivity index (χ3v) is 4.92. The summed E-state index contributed by atoms with van der Waals surface area (Å²) in [6, 6.07) is -0.300. The van der Waals surface area contributed by atoms with Crippen molar-refractivity contribution >= 4 is 23.6 Å². The van der Waals surface area contributed by atoms with Gasteiger partial charge in [0.2, 0.25) is 5.91 Å². The number of nitrogens with zero attached hydrogens (tertiary/aromatic N) is 1. The van der Waals surface area contributed by atoms with Crippen LogP contribution in [0.3, 0.4) is 0 Å². The molecule has 0 aromatic rings. The predicted molar refractivity (Wildman–Crippen MR) is 76.2 cm³/mol. The number of carboxylic acids is 1. The number of nitrogens with one attached hydrogen (secondary N) is 1. The van der Waals surface area contributed by atoms with Gasteiger partial charge in [-0.15, -0.1) is 11.8 Å². The van der Waals surface area contributed by atoms with Gasteiger partial charge in [0, 0.05) is 5.75 Å². The van der Waals surface area contributed by atoms with Crippen LogP contribution >= 0.6 is 11.8 Å². The summed E-state index contributed by atoms with van der Waals surface area (Å²) in [5.74, 6) is -0.890. The number of hydrogen-bond acceptors (Lipinski definition) is 5. The molecule has 2 rings (SSSR count). The van der Waals surface area contributed by atoms with E-state index in [-0.39, 0.29) is 29.6 Å². The first-order valence-electron chi connectivity index (χ1n) is 6.86. The van der Waals surface area contributed by atoms with Crippen molar-refractivity contribution in [3.05, 3.63) is 11.3 Å². The molecule has 2 aliphatic rings. The average Bonchev–Trinajstić information content (AvgIpc) is 2.45. The second-order valence-electron chi connectivity index (χ2n) is 4.96. The Hall–Kier alpha value is -1.05. The molecule has 2 atom stereocenters. The molecule has 0 aromatic carbocycles. The lowest BCUT2D eigenvalue weighted by atomic mass is 10.0. The van der Waals surface area contributed by atoms with Crippen LogP contribution in [0.5, 0.6) is 0 Å². The fourth-order valence-electron chi connectivity index (χ4n) is 2.49. The van der Waals surface area contributed by atoms with Crippen LogP contribution in [0.1, 0.15) is 26.2 Å². The summed E-state index contributed by atoms with van der Waals surface area (Å²) >= 11 is 1.50. The highest BCUT2D eigenvalue weighted by molar-refractivity contribution is 8.00. The van der Waals surface area contributed by atoms with Crippen LogP contribution in [-0.4, -0.2) is 57.3 Å². The topological polar surface area (TPSA) is 89.9 Å². The van der Waals surface area contributed by atoms with E-state index in [0.717, 1.165) is 25.8 Å². The van der Waals surface area contributed by atoms with E-state index < -0.39 is 5.97 Å². The average molecular weight is 300 g/mol. The molecule has 112 valence electrons. The van der Waals surface area contributed by atoms with Crippen LogP contribution in [0.4, 0.5) is 0 Å². The van der Waals surface area contributed by atoms with Crippen LogP contribution < -0.4 is 5.32 Å². The molecule has 0 spiro atoms. The maximum Gasteiger partial charge on any atom is 0.352 e. The van der Waals surface area contributed by atoms with E-state index in [1.165, 1.54) is 16.7 Å². The quantitative estimate of drug-likeness (QED) is 0.465. The zero-order valence-corrected chi connectivity index (χ0v) is 12.3. The Kier molecular flexibility index (Phi) is 5.06. The second-order valence-corrected chi connectivity index (χ2v) is 6.07. The van der Waals surface area contributed by atoms with E-state index >= 15 is 0 Å². The number of carboxylic acid groups (broad SMARTS) is 1. The van der Waals surface area contributed by atoms with E-state index in [0.29, 0.717) is 11.3 Å². The van der Waals surface area contributed by atoms with Crippen molar-refractivity contribution in [1.82, 2.24) is 10.2 Å². The molecule has 0 bridgehead atoms. The number of hydrogen-bond donors (Lipinski definition) is 3. The summed E-state index contributed by atoms with van der Waals surface area (Å²) in [4.78, 5) is 24.7. The molecule has 0 saturated carbocycles. The van der Waals surface area contributed by atoms with Crippen molar-refractivity contribution in [2.45, 2.75) is 37.6 Å². The molecule has 3 N–H and O–H groups in total. The summed E-state index contributed by atoms with van der Waals surface area (Å²) in [6.07, 6.45) is 3.25. The Morgan fingerprint density at radius 1 is 1.50 bits per heavy atom. The summed E-state index contributed by atoms with van der Waals surface area (Å²) in [7, 11) is 0. The molecule has 20 heavy (non-hydrogen) atoms. The van der Waals surface area contributed by atoms with Crippen molar-refractivity contribution in [2.24, 2.45) is 0 Å². The molecular formula is C13H20N2O4S. The normalized spacial score (nSPS) is 25.5. The number of carbonyl (C=O) groups is 2. The number of aliphatic carboxylic acids is 1. The fraction of sp³-hybridized carbons (Fsp3) is 0.692. The van der Waals surface area contributed by atoms with E-state index in [1.807, 2.05) is 0 Å². The van der Waals surface area contributed by atoms with Crippen LogP contribution in [0.25, 0.3) is 0 Å². The summed E-state index contributed by atoms with van der Waals surface area (Å²) in [5.41, 5.74) is 0.379. The number of rotatable bonds is 7. The maximum absolute atomic E-state index is 12.1. The van der Waals surface area contributed by atoms with Crippen LogP contribution in [0.2, 0.25) is 0 Å². The number of aliphatic hydroxyl groups is 1. The molecule has 0 unspecified atom stereocenters. The predicted octanol–water partition coefficient (Wildman–Crippen LogP) is 0.381. The van der Waals surface area contributed by atoms with E-state index in [4.69, 9.17) is 0 Å². The zero-order valence-electron chi connectivity index (χ0n) is 11.5. The standard InChI is InChI=1S/C13H20N2O4S/c1-2-3-4-5-14-9-11(17)15-10(13(18)19)8(6-16)7-20-12(9)15/h9,12,14,16H,2-7H2,1H3,(H,18,19)/t9-,12-/m1/s1. The molecule has 1 amide bonds. The Morgan fingerprint density at radius 2 is 2.25 bits per heavy atom. The van der Waals surface area contributed by atoms with Crippen LogP contribution in [0, 0.1) is 0 Å². The number of unbranched alkanes of at least 4 members (excludes halogenated alkanes) is 2. The summed E-state index contributed by atoms with van der Waals surface area (Å²) < 4.78 is 0. The first kappa shape index (κ1) is 15.3. The van der Waals surface area contributed by atoms with Gasteiger partial charge in [-0.3, -0.25) is 9.69 Å². The van der Waals surface area contributed by atoms with Crippen LogP contribution in [-0.2, 0) is 9.59 Å². The number of aliphatic hydroxyl groups excluding tert-OH is 1. The molecule has 0 aliphatic carbocycles. The largest absolute Gasteiger partial charge is 0.477 e. The number of fused-ring (bicyclic) bond motifs is 1. The minimum atomic E-state index is -1.14. The Balaban J connectivity index is 2.01. The second kappa shape index (κ2) is 6.60. The third kappa shape index (κ3) is 2.70. The first-order valence-corrected chi connectivity index (χ1v) is 7.91. The molecular weight excluding hydrogens is 280 g/mol. The van der Waals surface area contributed by atoms with Crippen molar-refractivity contribution in [3.63, 3.8) is 0 Å². The third-order valence-electron chi connectivity index (χ3n) is 3.59. The molecule has 2 heterocycles. The molecule has 7 heteroatoms. The number of carbonyl (C=O) groups excluding carboxylic acids is 1. The highest BCUT2D eigenvalue weighted by atomic mass is 32.2. The van der Waals surface area contributed by atoms with Gasteiger partial charge in [-0.2, -0.15) is 0 Å². The minimum Gasteiger partial charge on any atom is -0.477 e. The highest BCUT2D eigenvalue weighted by Gasteiger charge is 2.53. The zero-order chi connectivity index (χ0) is 14.7. The lowest BCUT2D eigenvalue weighted by molar-refractivity contribution is -0.149. The lowest BCUT2D eigenvalue weighted by Crippen LogP contribution is -2.70. The monoisotopic (exact) mass is 300 g/mol. The van der Waals surface area contributed by atoms with Crippen molar-refractivity contribution < 1.29 is 19.8 Å². The molecule has 1 saturated heterocycles. The summed E-state index contributed by atoms with van der Waals surface area (Å²) in [6.45, 7) is 2.57. The Morgan fingerprint density at radius 3 is 2.85 bits per heavy atom.